The van der Waals surface area contributed by atoms with Crippen LogP contribution in [0, 0.1) is 5.92 Å². The van der Waals surface area contributed by atoms with Gasteiger partial charge in [0.1, 0.15) is 0 Å². The topological polar surface area (TPSA) is 61.6 Å². The summed E-state index contributed by atoms with van der Waals surface area (Å²) in [6, 6.07) is 5.43. The van der Waals surface area contributed by atoms with Crippen LogP contribution in [0.3, 0.4) is 0 Å². The van der Waals surface area contributed by atoms with E-state index >= 15 is 0 Å². The van der Waals surface area contributed by atoms with E-state index in [4.69, 9.17) is 15.2 Å². The molecule has 4 nitrogen and oxygen atoms in total. The van der Waals surface area contributed by atoms with Crippen molar-refractivity contribution in [3.8, 4) is 11.5 Å². The summed E-state index contributed by atoms with van der Waals surface area (Å²) in [5, 5.41) is 0. The molecule has 0 radical (unpaired) electrons. The van der Waals surface area contributed by atoms with Gasteiger partial charge in [-0.3, -0.25) is 4.21 Å². The smallest absolute Gasteiger partial charge is 0.231 e. The van der Waals surface area contributed by atoms with Crippen molar-refractivity contribution in [1.82, 2.24) is 0 Å². The second-order valence-electron chi connectivity index (χ2n) is 5.01. The van der Waals surface area contributed by atoms with E-state index in [-0.39, 0.29) is 12.8 Å². The van der Waals surface area contributed by atoms with Crippen LogP contribution < -0.4 is 15.2 Å². The first-order valence-corrected chi connectivity index (χ1v) is 8.09. The molecular weight excluding hydrogens is 262 g/mol. The van der Waals surface area contributed by atoms with Crippen molar-refractivity contribution in [2.24, 2.45) is 11.7 Å². The van der Waals surface area contributed by atoms with E-state index < -0.39 is 10.8 Å². The molecule has 1 aliphatic rings. The van der Waals surface area contributed by atoms with Gasteiger partial charge in [-0.1, -0.05) is 26.3 Å². The zero-order valence-electron chi connectivity index (χ0n) is 11.4. The Labute approximate surface area is 116 Å². The molecule has 106 valence electrons. The molecule has 0 saturated heterocycles. The van der Waals surface area contributed by atoms with Crippen LogP contribution in [0.5, 0.6) is 11.5 Å². The molecule has 2 rings (SSSR count). The maximum absolute atomic E-state index is 12.0. The van der Waals surface area contributed by atoms with Gasteiger partial charge in [0.05, 0.1) is 0 Å². The van der Waals surface area contributed by atoms with E-state index in [1.165, 1.54) is 0 Å². The van der Waals surface area contributed by atoms with Crippen molar-refractivity contribution >= 4 is 10.8 Å². The van der Waals surface area contributed by atoms with Gasteiger partial charge in [0.2, 0.25) is 6.79 Å². The summed E-state index contributed by atoms with van der Waals surface area (Å²) >= 11 is 0. The van der Waals surface area contributed by atoms with E-state index in [9.17, 15) is 4.21 Å². The monoisotopic (exact) mass is 283 g/mol. The van der Waals surface area contributed by atoms with E-state index in [0.29, 0.717) is 11.7 Å². The summed E-state index contributed by atoms with van der Waals surface area (Å²) in [4.78, 5) is 0. The summed E-state index contributed by atoms with van der Waals surface area (Å²) in [7, 11) is -0.876. The summed E-state index contributed by atoms with van der Waals surface area (Å²) in [6.07, 6.45) is 1.05. The molecule has 0 aliphatic carbocycles. The molecule has 0 fully saturated rings. The highest BCUT2D eigenvalue weighted by molar-refractivity contribution is 7.85. The molecule has 0 amide bonds. The van der Waals surface area contributed by atoms with Gasteiger partial charge in [-0.25, -0.2) is 0 Å². The fraction of sp³-hybridized carbons (Fsp3) is 0.571. The Morgan fingerprint density at radius 2 is 2.05 bits per heavy atom. The lowest BCUT2D eigenvalue weighted by atomic mass is 10.1. The van der Waals surface area contributed by atoms with Crippen molar-refractivity contribution in [3.63, 3.8) is 0 Å². The van der Waals surface area contributed by atoms with E-state index in [1.807, 2.05) is 18.2 Å². The Bertz CT molecular complexity index is 464. The summed E-state index contributed by atoms with van der Waals surface area (Å²) < 4.78 is 22.6. The van der Waals surface area contributed by atoms with Crippen LogP contribution in [0.4, 0.5) is 0 Å². The minimum Gasteiger partial charge on any atom is -0.454 e. The standard InChI is InChI=1S/C14H21NO3S/c1-3-10(2)7-19(16)8-12(15)11-4-5-13-14(6-11)18-9-17-13/h4-6,10,12H,3,7-9,15H2,1-2H3. The Balaban J connectivity index is 1.96. The molecule has 19 heavy (non-hydrogen) atoms. The fourth-order valence-corrected chi connectivity index (χ4v) is 3.54. The predicted octanol–water partition coefficient (Wildman–Crippen LogP) is 2.21. The molecule has 0 saturated carbocycles. The molecule has 2 N–H and O–H groups in total. The molecular formula is C14H21NO3S. The van der Waals surface area contributed by atoms with Gasteiger partial charge >= 0.3 is 0 Å². The van der Waals surface area contributed by atoms with Crippen LogP contribution in [-0.4, -0.2) is 22.5 Å². The highest BCUT2D eigenvalue weighted by Crippen LogP contribution is 2.33. The van der Waals surface area contributed by atoms with Crippen molar-refractivity contribution in [2.75, 3.05) is 18.3 Å². The average Bonchev–Trinajstić information content (AvgIpc) is 2.85. The zero-order chi connectivity index (χ0) is 13.8. The quantitative estimate of drug-likeness (QED) is 0.869. The molecule has 1 aromatic carbocycles. The van der Waals surface area contributed by atoms with Gasteiger partial charge in [0.15, 0.2) is 11.5 Å². The summed E-state index contributed by atoms with van der Waals surface area (Å²) in [6.45, 7) is 4.48. The molecule has 3 unspecified atom stereocenters. The largest absolute Gasteiger partial charge is 0.454 e. The normalized spacial score (nSPS) is 18.1. The number of nitrogens with two attached hydrogens (primary N) is 1. The predicted molar refractivity (Wildman–Crippen MR) is 76.8 cm³/mol. The number of ether oxygens (including phenoxy) is 2. The van der Waals surface area contributed by atoms with Crippen molar-refractivity contribution in [2.45, 2.75) is 26.3 Å². The molecule has 1 heterocycles. The molecule has 5 heteroatoms. The molecule has 0 spiro atoms. The number of rotatable bonds is 6. The maximum Gasteiger partial charge on any atom is 0.231 e. The molecule has 1 aromatic rings. The number of hydrogen-bond acceptors (Lipinski definition) is 4. The Morgan fingerprint density at radius 1 is 1.32 bits per heavy atom. The summed E-state index contributed by atoms with van der Waals surface area (Å²) in [5.74, 6) is 3.15. The Kier molecular flexibility index (Phi) is 4.82. The van der Waals surface area contributed by atoms with Gasteiger partial charge < -0.3 is 15.2 Å². The Morgan fingerprint density at radius 3 is 2.79 bits per heavy atom. The zero-order valence-corrected chi connectivity index (χ0v) is 12.2. The van der Waals surface area contributed by atoms with Crippen molar-refractivity contribution in [3.05, 3.63) is 23.8 Å². The first-order valence-electron chi connectivity index (χ1n) is 6.60. The number of fused-ring (bicyclic) bond motifs is 1. The maximum atomic E-state index is 12.0. The van der Waals surface area contributed by atoms with Gasteiger partial charge in [0.25, 0.3) is 0 Å². The second kappa shape index (κ2) is 6.39. The van der Waals surface area contributed by atoms with E-state index in [0.717, 1.165) is 29.2 Å². The average molecular weight is 283 g/mol. The third-order valence-electron chi connectivity index (χ3n) is 3.36. The molecule has 0 bridgehead atoms. The number of benzene rings is 1. The van der Waals surface area contributed by atoms with Gasteiger partial charge in [-0.15, -0.1) is 0 Å². The summed E-state index contributed by atoms with van der Waals surface area (Å²) in [5.41, 5.74) is 7.06. The van der Waals surface area contributed by atoms with Crippen molar-refractivity contribution in [1.29, 1.82) is 0 Å². The molecule has 3 atom stereocenters. The lowest BCUT2D eigenvalue weighted by Crippen LogP contribution is -2.21. The highest BCUT2D eigenvalue weighted by atomic mass is 32.2. The van der Waals surface area contributed by atoms with E-state index in [2.05, 4.69) is 13.8 Å². The third-order valence-corrected chi connectivity index (χ3v) is 5.03. The van der Waals surface area contributed by atoms with E-state index in [1.54, 1.807) is 0 Å². The van der Waals surface area contributed by atoms with Gasteiger partial charge in [-0.05, 0) is 23.6 Å². The fourth-order valence-electron chi connectivity index (χ4n) is 1.94. The molecule has 1 aliphatic heterocycles. The van der Waals surface area contributed by atoms with Crippen LogP contribution in [0.1, 0.15) is 31.9 Å². The first-order chi connectivity index (χ1) is 9.10. The molecule has 0 aromatic heterocycles. The number of hydrogen-bond donors (Lipinski definition) is 1. The van der Waals surface area contributed by atoms with Crippen LogP contribution in [0.25, 0.3) is 0 Å². The first kappa shape index (κ1) is 14.3. The van der Waals surface area contributed by atoms with Crippen LogP contribution in [0.2, 0.25) is 0 Å². The minimum absolute atomic E-state index is 0.223. The van der Waals surface area contributed by atoms with Gasteiger partial charge in [0, 0.05) is 28.3 Å². The van der Waals surface area contributed by atoms with Gasteiger partial charge in [-0.2, -0.15) is 0 Å². The highest BCUT2D eigenvalue weighted by Gasteiger charge is 2.17. The van der Waals surface area contributed by atoms with Crippen LogP contribution >= 0.6 is 0 Å². The van der Waals surface area contributed by atoms with Crippen LogP contribution in [0.15, 0.2) is 18.2 Å². The second-order valence-corrected chi connectivity index (χ2v) is 6.55. The Hall–Kier alpha value is -1.07. The SMILES string of the molecule is CCC(C)CS(=O)CC(N)c1ccc2c(c1)OCO2. The van der Waals surface area contributed by atoms with Crippen molar-refractivity contribution < 1.29 is 13.7 Å². The lowest BCUT2D eigenvalue weighted by Gasteiger charge is -2.14. The third kappa shape index (κ3) is 3.70. The minimum atomic E-state index is -0.876. The lowest BCUT2D eigenvalue weighted by molar-refractivity contribution is 0.174. The van der Waals surface area contributed by atoms with Crippen LogP contribution in [-0.2, 0) is 10.8 Å².